The van der Waals surface area contributed by atoms with Crippen molar-refractivity contribution < 1.29 is 38.9 Å². The minimum atomic E-state index is -1.26. The van der Waals surface area contributed by atoms with Crippen molar-refractivity contribution in [2.24, 2.45) is 0 Å². The van der Waals surface area contributed by atoms with E-state index in [2.05, 4.69) is 0 Å². The minimum absolute atomic E-state index is 0.251. The summed E-state index contributed by atoms with van der Waals surface area (Å²) < 4.78 is 9.41. The van der Waals surface area contributed by atoms with Gasteiger partial charge in [-0.1, -0.05) is 26.0 Å². The summed E-state index contributed by atoms with van der Waals surface area (Å²) in [6.07, 6.45) is 9.03. The summed E-state index contributed by atoms with van der Waals surface area (Å²) in [4.78, 5) is 40.1. The first-order chi connectivity index (χ1) is 12.2. The Morgan fingerprint density at radius 3 is 1.19 bits per heavy atom. The fourth-order valence-corrected chi connectivity index (χ4v) is 0.916. The maximum atomic E-state index is 10.5. The van der Waals surface area contributed by atoms with E-state index < -0.39 is 11.9 Å². The molecule has 0 fully saturated rings. The monoisotopic (exact) mass is 372 g/mol. The summed E-state index contributed by atoms with van der Waals surface area (Å²) in [5, 5.41) is 15.6. The van der Waals surface area contributed by atoms with Crippen LogP contribution in [0.5, 0.6) is 0 Å². The molecule has 0 aromatic carbocycles. The SMILES string of the molecule is CC=CC(=O)OCCC.CC=CC(=O)OCCC.O=C(O)/C=C\C(=O)O. The molecule has 8 heteroatoms. The number of hydrogen-bond donors (Lipinski definition) is 2. The van der Waals surface area contributed by atoms with Crippen molar-refractivity contribution in [1.29, 1.82) is 0 Å². The van der Waals surface area contributed by atoms with Crippen molar-refractivity contribution in [2.45, 2.75) is 40.5 Å². The molecule has 0 aromatic rings. The molecule has 0 aromatic heterocycles. The van der Waals surface area contributed by atoms with Gasteiger partial charge in [-0.3, -0.25) is 0 Å². The van der Waals surface area contributed by atoms with Gasteiger partial charge in [-0.15, -0.1) is 0 Å². The van der Waals surface area contributed by atoms with Gasteiger partial charge in [0, 0.05) is 24.3 Å². The Bertz CT molecular complexity index is 445. The average molecular weight is 372 g/mol. The third-order valence-corrected chi connectivity index (χ3v) is 1.87. The van der Waals surface area contributed by atoms with Gasteiger partial charge in [0.25, 0.3) is 0 Å². The highest BCUT2D eigenvalue weighted by Gasteiger charge is 1.91. The molecule has 0 aliphatic heterocycles. The van der Waals surface area contributed by atoms with Crippen molar-refractivity contribution in [3.63, 3.8) is 0 Å². The van der Waals surface area contributed by atoms with Gasteiger partial charge < -0.3 is 19.7 Å². The van der Waals surface area contributed by atoms with E-state index in [0.29, 0.717) is 25.4 Å². The number of rotatable bonds is 8. The van der Waals surface area contributed by atoms with E-state index in [1.165, 1.54) is 12.2 Å². The fraction of sp³-hybridized carbons (Fsp3) is 0.444. The van der Waals surface area contributed by atoms with Crippen LogP contribution in [0.2, 0.25) is 0 Å². The molecule has 0 saturated heterocycles. The first-order valence-electron chi connectivity index (χ1n) is 7.97. The minimum Gasteiger partial charge on any atom is -0.478 e. The summed E-state index contributed by atoms with van der Waals surface area (Å²) >= 11 is 0. The van der Waals surface area contributed by atoms with E-state index >= 15 is 0 Å². The first-order valence-corrected chi connectivity index (χ1v) is 7.97. The van der Waals surface area contributed by atoms with Gasteiger partial charge in [0.1, 0.15) is 0 Å². The molecular weight excluding hydrogens is 344 g/mol. The predicted octanol–water partition coefficient (Wildman–Crippen LogP) is 2.74. The molecule has 2 N–H and O–H groups in total. The van der Waals surface area contributed by atoms with Gasteiger partial charge in [-0.2, -0.15) is 0 Å². The number of carbonyl (C=O) groups excluding carboxylic acids is 2. The second-order valence-electron chi connectivity index (χ2n) is 4.34. The van der Waals surface area contributed by atoms with Gasteiger partial charge in [-0.25, -0.2) is 19.2 Å². The molecule has 8 nitrogen and oxygen atoms in total. The van der Waals surface area contributed by atoms with Crippen LogP contribution in [-0.2, 0) is 28.7 Å². The third kappa shape index (κ3) is 32.9. The Balaban J connectivity index is -0.000000306. The molecule has 0 radical (unpaired) electrons. The van der Waals surface area contributed by atoms with Crippen molar-refractivity contribution in [2.75, 3.05) is 13.2 Å². The molecule has 0 saturated carbocycles. The fourth-order valence-electron chi connectivity index (χ4n) is 0.916. The number of carboxylic acid groups (broad SMARTS) is 2. The molecule has 0 rings (SSSR count). The second kappa shape index (κ2) is 22.1. The summed E-state index contributed by atoms with van der Waals surface area (Å²) in [6.45, 7) is 8.53. The third-order valence-electron chi connectivity index (χ3n) is 1.87. The Morgan fingerprint density at radius 2 is 1.00 bits per heavy atom. The van der Waals surface area contributed by atoms with E-state index in [9.17, 15) is 19.2 Å². The summed E-state index contributed by atoms with van der Waals surface area (Å²) in [7, 11) is 0. The van der Waals surface area contributed by atoms with Crippen LogP contribution in [-0.4, -0.2) is 47.3 Å². The Kier molecular flexibility index (Phi) is 23.7. The van der Waals surface area contributed by atoms with Gasteiger partial charge in [-0.05, 0) is 26.7 Å². The average Bonchev–Trinajstić information content (AvgIpc) is 2.58. The molecule has 0 unspecified atom stereocenters. The number of carboxylic acids is 2. The lowest BCUT2D eigenvalue weighted by molar-refractivity contribution is -0.138. The highest BCUT2D eigenvalue weighted by atomic mass is 16.5. The molecule has 148 valence electrons. The highest BCUT2D eigenvalue weighted by Crippen LogP contribution is 1.84. The number of allylic oxidation sites excluding steroid dienone is 2. The molecule has 26 heavy (non-hydrogen) atoms. The Morgan fingerprint density at radius 1 is 0.692 bits per heavy atom. The van der Waals surface area contributed by atoms with Crippen molar-refractivity contribution >= 4 is 23.9 Å². The molecule has 0 bridgehead atoms. The molecule has 0 heterocycles. The molecule has 0 aliphatic rings. The first kappa shape index (κ1) is 27.9. The zero-order chi connectivity index (χ0) is 20.8. The maximum Gasteiger partial charge on any atom is 0.330 e. The lowest BCUT2D eigenvalue weighted by Gasteiger charge is -1.95. The Labute approximate surface area is 153 Å². The maximum absolute atomic E-state index is 10.5. The van der Waals surface area contributed by atoms with Gasteiger partial charge >= 0.3 is 23.9 Å². The number of ether oxygens (including phenoxy) is 2. The molecule has 0 aliphatic carbocycles. The largest absolute Gasteiger partial charge is 0.478 e. The Hall–Kier alpha value is -2.90. The molecular formula is C18H28O8. The van der Waals surface area contributed by atoms with E-state index in [-0.39, 0.29) is 11.9 Å². The van der Waals surface area contributed by atoms with Crippen LogP contribution in [0.4, 0.5) is 0 Å². The van der Waals surface area contributed by atoms with Gasteiger partial charge in [0.2, 0.25) is 0 Å². The van der Waals surface area contributed by atoms with E-state index in [4.69, 9.17) is 19.7 Å². The quantitative estimate of drug-likeness (QED) is 0.492. The summed E-state index contributed by atoms with van der Waals surface area (Å²) in [6, 6.07) is 0. The standard InChI is InChI=1S/2C7H12O2.C4H4O4/c2*1-3-5-7(8)9-6-4-2;5-3(6)1-2-4(7)8/h2*3,5H,4,6H2,1-2H3;1-2H,(H,5,6)(H,7,8)/b;;2-1-. The second-order valence-corrected chi connectivity index (χ2v) is 4.34. The lowest BCUT2D eigenvalue weighted by Crippen LogP contribution is -2.00. The number of esters is 2. The van der Waals surface area contributed by atoms with Gasteiger partial charge in [0.05, 0.1) is 13.2 Å². The number of carbonyl (C=O) groups is 4. The van der Waals surface area contributed by atoms with Crippen LogP contribution in [0.15, 0.2) is 36.5 Å². The zero-order valence-corrected chi connectivity index (χ0v) is 15.6. The predicted molar refractivity (Wildman–Crippen MR) is 96.5 cm³/mol. The lowest BCUT2D eigenvalue weighted by atomic mass is 10.5. The zero-order valence-electron chi connectivity index (χ0n) is 15.6. The van der Waals surface area contributed by atoms with E-state index in [1.807, 2.05) is 13.8 Å². The normalized spacial score (nSPS) is 9.85. The summed E-state index contributed by atoms with van der Waals surface area (Å²) in [5.74, 6) is -3.02. The molecule has 0 amide bonds. The summed E-state index contributed by atoms with van der Waals surface area (Å²) in [5.41, 5.74) is 0. The van der Waals surface area contributed by atoms with Crippen LogP contribution in [0, 0.1) is 0 Å². The van der Waals surface area contributed by atoms with Crippen molar-refractivity contribution in [3.05, 3.63) is 36.5 Å². The van der Waals surface area contributed by atoms with Gasteiger partial charge in [0.15, 0.2) is 0 Å². The van der Waals surface area contributed by atoms with Crippen LogP contribution < -0.4 is 0 Å². The van der Waals surface area contributed by atoms with Crippen molar-refractivity contribution in [3.8, 4) is 0 Å². The topological polar surface area (TPSA) is 127 Å². The van der Waals surface area contributed by atoms with E-state index in [1.54, 1.807) is 26.0 Å². The molecule has 0 atom stereocenters. The van der Waals surface area contributed by atoms with E-state index in [0.717, 1.165) is 12.8 Å². The van der Waals surface area contributed by atoms with Crippen LogP contribution in [0.3, 0.4) is 0 Å². The van der Waals surface area contributed by atoms with Crippen LogP contribution in [0.25, 0.3) is 0 Å². The van der Waals surface area contributed by atoms with Crippen LogP contribution >= 0.6 is 0 Å². The number of hydrogen-bond acceptors (Lipinski definition) is 6. The number of aliphatic carboxylic acids is 2. The molecule has 0 spiro atoms. The highest BCUT2D eigenvalue weighted by molar-refractivity contribution is 5.89. The smallest absolute Gasteiger partial charge is 0.330 e. The van der Waals surface area contributed by atoms with Crippen molar-refractivity contribution in [1.82, 2.24) is 0 Å². The van der Waals surface area contributed by atoms with Crippen LogP contribution in [0.1, 0.15) is 40.5 Å².